The molecule has 0 atom stereocenters. The van der Waals surface area contributed by atoms with Crippen molar-refractivity contribution in [1.29, 1.82) is 0 Å². The maximum atomic E-state index is 13.0. The predicted octanol–water partition coefficient (Wildman–Crippen LogP) is 4.34. The van der Waals surface area contributed by atoms with Crippen LogP contribution in [-0.2, 0) is 17.4 Å². The zero-order valence-corrected chi connectivity index (χ0v) is 19.2. The van der Waals surface area contributed by atoms with Gasteiger partial charge in [0.25, 0.3) is 5.91 Å². The van der Waals surface area contributed by atoms with E-state index in [4.69, 9.17) is 4.74 Å². The van der Waals surface area contributed by atoms with Gasteiger partial charge in [-0.15, -0.1) is 0 Å². The normalized spacial score (nSPS) is 20.9. The highest BCUT2D eigenvalue weighted by molar-refractivity contribution is 6.12. The number of aromatic amines is 1. The quantitative estimate of drug-likeness (QED) is 0.380. The molecule has 0 spiro atoms. The monoisotopic (exact) mass is 524 g/mol. The van der Waals surface area contributed by atoms with Gasteiger partial charge in [-0.25, -0.2) is 18.6 Å². The molecule has 1 N–H and O–H groups in total. The third kappa shape index (κ3) is 5.04. The minimum atomic E-state index is -4.63. The summed E-state index contributed by atoms with van der Waals surface area (Å²) in [6, 6.07) is 1.29. The first-order valence-corrected chi connectivity index (χ1v) is 11.5. The van der Waals surface area contributed by atoms with Crippen molar-refractivity contribution in [1.82, 2.24) is 25.1 Å². The first kappa shape index (κ1) is 24.8. The Morgan fingerprint density at radius 2 is 1.84 bits per heavy atom. The molecule has 1 aliphatic carbocycles. The molecule has 5 rings (SSSR count). The lowest BCUT2D eigenvalue weighted by molar-refractivity contribution is -0.137. The Labute approximate surface area is 206 Å². The number of nitrogens with one attached hydrogen (secondary N) is 1. The van der Waals surface area contributed by atoms with Crippen LogP contribution < -0.4 is 9.64 Å². The Kier molecular flexibility index (Phi) is 6.42. The van der Waals surface area contributed by atoms with Gasteiger partial charge >= 0.3 is 12.2 Å². The molecule has 3 aromatic rings. The number of alkyl halides is 5. The van der Waals surface area contributed by atoms with E-state index in [0.717, 1.165) is 22.1 Å². The van der Waals surface area contributed by atoms with Crippen LogP contribution in [0.1, 0.15) is 36.9 Å². The van der Waals surface area contributed by atoms with Crippen molar-refractivity contribution in [3.8, 4) is 5.75 Å². The second kappa shape index (κ2) is 9.56. The van der Waals surface area contributed by atoms with Crippen molar-refractivity contribution in [2.75, 3.05) is 11.4 Å². The van der Waals surface area contributed by atoms with E-state index in [0.29, 0.717) is 48.7 Å². The van der Waals surface area contributed by atoms with Crippen LogP contribution in [0, 0.1) is 0 Å². The zero-order valence-electron chi connectivity index (χ0n) is 19.2. The molecule has 0 bridgehead atoms. The van der Waals surface area contributed by atoms with Gasteiger partial charge in [-0.3, -0.25) is 24.7 Å². The number of fused-ring (bicyclic) bond motifs is 1. The predicted molar refractivity (Wildman–Crippen MR) is 119 cm³/mol. The SMILES string of the molecule is O=C1CN(c2cncc(C(F)(F)F)c2)C(=O)N1C1CCC(Oc2cnc3n[nH]c(CC(F)F)c3c2)CC1. The number of pyridine rings is 2. The van der Waals surface area contributed by atoms with Crippen molar-refractivity contribution in [2.24, 2.45) is 0 Å². The van der Waals surface area contributed by atoms with Gasteiger partial charge in [0, 0.05) is 17.6 Å². The zero-order chi connectivity index (χ0) is 26.3. The number of carbonyl (C=O) groups is 2. The molecule has 3 amide bonds. The summed E-state index contributed by atoms with van der Waals surface area (Å²) in [6.45, 7) is -0.365. The van der Waals surface area contributed by atoms with Crippen LogP contribution in [0.2, 0.25) is 0 Å². The number of carbonyl (C=O) groups excluding carboxylic acids is 2. The molecule has 4 heterocycles. The summed E-state index contributed by atoms with van der Waals surface area (Å²) in [6.07, 6.45) is -2.80. The van der Waals surface area contributed by atoms with Gasteiger partial charge in [-0.2, -0.15) is 18.3 Å². The van der Waals surface area contributed by atoms with Gasteiger partial charge in [0.2, 0.25) is 6.43 Å². The lowest BCUT2D eigenvalue weighted by Gasteiger charge is -2.33. The molecular formula is C23H21F5N6O3. The van der Waals surface area contributed by atoms with E-state index in [1.807, 2.05) is 0 Å². The molecule has 14 heteroatoms. The van der Waals surface area contributed by atoms with E-state index < -0.39 is 42.6 Å². The number of rotatable bonds is 6. The van der Waals surface area contributed by atoms with Crippen LogP contribution in [0.3, 0.4) is 0 Å². The van der Waals surface area contributed by atoms with E-state index in [1.54, 1.807) is 6.07 Å². The summed E-state index contributed by atoms with van der Waals surface area (Å²) < 4.78 is 70.7. The minimum Gasteiger partial charge on any atom is -0.489 e. The molecule has 196 valence electrons. The number of hydrogen-bond acceptors (Lipinski definition) is 6. The number of amides is 3. The first-order chi connectivity index (χ1) is 17.6. The Balaban J connectivity index is 1.22. The van der Waals surface area contributed by atoms with Crippen LogP contribution in [0.25, 0.3) is 11.0 Å². The lowest BCUT2D eigenvalue weighted by Crippen LogP contribution is -2.44. The van der Waals surface area contributed by atoms with Gasteiger partial charge in [0.1, 0.15) is 12.3 Å². The van der Waals surface area contributed by atoms with E-state index >= 15 is 0 Å². The smallest absolute Gasteiger partial charge is 0.417 e. The van der Waals surface area contributed by atoms with Crippen molar-refractivity contribution in [2.45, 2.75) is 56.9 Å². The number of hydrogen-bond donors (Lipinski definition) is 1. The average Bonchev–Trinajstić information content (AvgIpc) is 3.38. The Hall–Kier alpha value is -3.84. The maximum Gasteiger partial charge on any atom is 0.417 e. The third-order valence-electron chi connectivity index (χ3n) is 6.50. The molecule has 2 aliphatic rings. The molecular weight excluding hydrogens is 503 g/mol. The maximum absolute atomic E-state index is 13.0. The number of halogens is 5. The second-order valence-corrected chi connectivity index (χ2v) is 8.95. The van der Waals surface area contributed by atoms with Gasteiger partial charge in [-0.1, -0.05) is 0 Å². The highest BCUT2D eigenvalue weighted by Gasteiger charge is 2.43. The molecule has 2 fully saturated rings. The molecule has 0 radical (unpaired) electrons. The van der Waals surface area contributed by atoms with Crippen LogP contribution >= 0.6 is 0 Å². The van der Waals surface area contributed by atoms with Crippen LogP contribution in [0.5, 0.6) is 5.75 Å². The largest absolute Gasteiger partial charge is 0.489 e. The highest BCUT2D eigenvalue weighted by atomic mass is 19.4. The van der Waals surface area contributed by atoms with E-state index in [2.05, 4.69) is 20.2 Å². The number of H-pyrrole nitrogens is 1. The summed E-state index contributed by atoms with van der Waals surface area (Å²) in [7, 11) is 0. The van der Waals surface area contributed by atoms with Crippen LogP contribution in [-0.4, -0.2) is 62.1 Å². The van der Waals surface area contributed by atoms with Crippen LogP contribution in [0.15, 0.2) is 30.7 Å². The fourth-order valence-electron chi connectivity index (χ4n) is 4.73. The number of nitrogens with zero attached hydrogens (tertiary/aromatic N) is 5. The summed E-state index contributed by atoms with van der Waals surface area (Å²) in [4.78, 5) is 35.4. The topological polar surface area (TPSA) is 104 Å². The molecule has 0 aromatic carbocycles. The Morgan fingerprint density at radius 1 is 1.08 bits per heavy atom. The van der Waals surface area contributed by atoms with E-state index in [1.165, 1.54) is 6.20 Å². The number of urea groups is 1. The second-order valence-electron chi connectivity index (χ2n) is 8.95. The summed E-state index contributed by atoms with van der Waals surface area (Å²) >= 11 is 0. The number of anilines is 1. The summed E-state index contributed by atoms with van der Waals surface area (Å²) in [5, 5.41) is 6.93. The fraction of sp³-hybridized carbons (Fsp3) is 0.435. The van der Waals surface area contributed by atoms with Gasteiger partial charge in [0.15, 0.2) is 5.65 Å². The lowest BCUT2D eigenvalue weighted by atomic mass is 9.92. The Morgan fingerprint density at radius 3 is 2.54 bits per heavy atom. The van der Waals surface area contributed by atoms with E-state index in [-0.39, 0.29) is 24.0 Å². The fourth-order valence-corrected chi connectivity index (χ4v) is 4.73. The summed E-state index contributed by atoms with van der Waals surface area (Å²) in [5.41, 5.74) is -0.539. The first-order valence-electron chi connectivity index (χ1n) is 11.5. The highest BCUT2D eigenvalue weighted by Crippen LogP contribution is 2.34. The molecule has 3 aromatic heterocycles. The average molecular weight is 524 g/mol. The minimum absolute atomic E-state index is 0.0963. The third-order valence-corrected chi connectivity index (χ3v) is 6.50. The number of imide groups is 1. The summed E-state index contributed by atoms with van der Waals surface area (Å²) in [5.74, 6) is -0.0997. The van der Waals surface area contributed by atoms with Crippen molar-refractivity contribution in [3.63, 3.8) is 0 Å². The van der Waals surface area contributed by atoms with Crippen molar-refractivity contribution < 1.29 is 36.3 Å². The number of ether oxygens (including phenoxy) is 1. The van der Waals surface area contributed by atoms with Crippen LogP contribution in [0.4, 0.5) is 32.4 Å². The molecule has 0 unspecified atom stereocenters. The Bertz CT molecular complexity index is 1320. The van der Waals surface area contributed by atoms with E-state index in [9.17, 15) is 31.5 Å². The standard InChI is InChI=1S/C23H21F5N6O3/c24-19(25)7-18-17-6-16(10-30-21(17)32-31-18)37-15-3-1-13(2-4-15)34-20(35)11-33(22(34)36)14-5-12(8-29-9-14)23(26,27)28/h5-6,8-10,13,15,19H,1-4,7,11H2,(H,30,31,32). The number of aromatic nitrogens is 4. The molecule has 9 nitrogen and oxygen atoms in total. The molecule has 37 heavy (non-hydrogen) atoms. The van der Waals surface area contributed by atoms with Crippen molar-refractivity contribution in [3.05, 3.63) is 42.0 Å². The van der Waals surface area contributed by atoms with Gasteiger partial charge in [-0.05, 0) is 37.8 Å². The molecule has 1 aliphatic heterocycles. The molecule has 1 saturated carbocycles. The van der Waals surface area contributed by atoms with Crippen molar-refractivity contribution >= 4 is 28.7 Å². The van der Waals surface area contributed by atoms with Gasteiger partial charge < -0.3 is 4.74 Å². The molecule has 1 saturated heterocycles. The van der Waals surface area contributed by atoms with Gasteiger partial charge in [0.05, 0.1) is 41.9 Å².